The van der Waals surface area contributed by atoms with Gasteiger partial charge >= 0.3 is 0 Å². The Bertz CT molecular complexity index is 881. The molecule has 0 bridgehead atoms. The van der Waals surface area contributed by atoms with Crippen LogP contribution in [0.1, 0.15) is 33.6 Å². The van der Waals surface area contributed by atoms with E-state index in [1.165, 1.54) is 11.9 Å². The van der Waals surface area contributed by atoms with Gasteiger partial charge in [0.2, 0.25) is 5.88 Å². The van der Waals surface area contributed by atoms with E-state index >= 15 is 0 Å². The zero-order chi connectivity index (χ0) is 17.9. The molecule has 3 heterocycles. The molecule has 8 heteroatoms. The number of pyridine rings is 1. The maximum absolute atomic E-state index is 5.86. The van der Waals surface area contributed by atoms with Crippen LogP contribution < -0.4 is 10.1 Å². The van der Waals surface area contributed by atoms with Crippen LogP contribution in [-0.4, -0.2) is 31.8 Å². The van der Waals surface area contributed by atoms with Gasteiger partial charge in [-0.05, 0) is 31.9 Å². The van der Waals surface area contributed by atoms with E-state index in [-0.39, 0.29) is 0 Å². The molecule has 1 aliphatic carbocycles. The Kier molecular flexibility index (Phi) is 4.75. The van der Waals surface area contributed by atoms with E-state index in [4.69, 9.17) is 4.74 Å². The predicted molar refractivity (Wildman–Crippen MR) is 99.3 cm³/mol. The molecular weight excluding hydrogens is 348 g/mol. The van der Waals surface area contributed by atoms with Gasteiger partial charge in [-0.3, -0.25) is 4.98 Å². The number of nitrogens with one attached hydrogen (secondary N) is 1. The quantitative estimate of drug-likeness (QED) is 0.685. The van der Waals surface area contributed by atoms with E-state index < -0.39 is 0 Å². The van der Waals surface area contributed by atoms with Crippen molar-refractivity contribution in [2.75, 3.05) is 11.9 Å². The first-order valence-electron chi connectivity index (χ1n) is 8.57. The molecule has 1 aliphatic rings. The summed E-state index contributed by atoms with van der Waals surface area (Å²) in [6, 6.07) is 6.04. The van der Waals surface area contributed by atoms with Crippen molar-refractivity contribution in [3.8, 4) is 5.88 Å². The van der Waals surface area contributed by atoms with Crippen LogP contribution in [0, 0.1) is 19.8 Å². The van der Waals surface area contributed by atoms with Crippen molar-refractivity contribution in [1.29, 1.82) is 0 Å². The second kappa shape index (κ2) is 7.33. The van der Waals surface area contributed by atoms with Gasteiger partial charge in [0.1, 0.15) is 22.2 Å². The van der Waals surface area contributed by atoms with Crippen molar-refractivity contribution in [2.24, 2.45) is 5.92 Å². The first kappa shape index (κ1) is 16.8. The third kappa shape index (κ3) is 4.13. The van der Waals surface area contributed by atoms with Gasteiger partial charge in [-0.2, -0.15) is 0 Å². The normalized spacial score (nSPS) is 18.5. The van der Waals surface area contributed by atoms with Crippen molar-refractivity contribution in [3.05, 3.63) is 52.0 Å². The summed E-state index contributed by atoms with van der Waals surface area (Å²) in [5.41, 5.74) is 2.34. The van der Waals surface area contributed by atoms with E-state index in [0.717, 1.165) is 27.9 Å². The zero-order valence-electron chi connectivity index (χ0n) is 14.7. The second-order valence-electron chi connectivity index (χ2n) is 6.48. The standard InChI is InChI=1S/C18H20N6OS/c1-11-3-4-15(19-7-11)14-5-13(14)9-25-17-6-16(21-10-22-17)20-8-18-24-23-12(2)26-18/h3-4,6-7,10,13-14H,5,8-9H2,1-2H3,(H,20,21,22)/t13-,14+/m0/s1. The van der Waals surface area contributed by atoms with Crippen molar-refractivity contribution in [1.82, 2.24) is 25.1 Å². The summed E-state index contributed by atoms with van der Waals surface area (Å²) in [5, 5.41) is 13.2. The Labute approximate surface area is 155 Å². The highest BCUT2D eigenvalue weighted by atomic mass is 32.1. The molecule has 0 spiro atoms. The van der Waals surface area contributed by atoms with Gasteiger partial charge in [0.25, 0.3) is 0 Å². The minimum Gasteiger partial charge on any atom is -0.477 e. The number of nitrogens with zero attached hydrogens (tertiary/aromatic N) is 5. The maximum Gasteiger partial charge on any atom is 0.218 e. The molecule has 7 nitrogen and oxygen atoms in total. The Morgan fingerprint density at radius 2 is 2.12 bits per heavy atom. The van der Waals surface area contributed by atoms with Gasteiger partial charge in [-0.1, -0.05) is 17.4 Å². The number of hydrogen-bond donors (Lipinski definition) is 1. The minimum absolute atomic E-state index is 0.496. The number of aryl methyl sites for hydroxylation is 2. The third-order valence-electron chi connectivity index (χ3n) is 4.31. The molecule has 0 radical (unpaired) electrons. The van der Waals surface area contributed by atoms with E-state index in [0.29, 0.717) is 30.9 Å². The van der Waals surface area contributed by atoms with Crippen LogP contribution in [0.15, 0.2) is 30.7 Å². The number of hydrogen-bond acceptors (Lipinski definition) is 8. The molecule has 3 aromatic heterocycles. The summed E-state index contributed by atoms with van der Waals surface area (Å²) in [6.07, 6.45) is 4.55. The molecule has 0 saturated heterocycles. The van der Waals surface area contributed by atoms with E-state index in [9.17, 15) is 0 Å². The van der Waals surface area contributed by atoms with Gasteiger partial charge in [0, 0.05) is 29.8 Å². The van der Waals surface area contributed by atoms with Crippen LogP contribution in [-0.2, 0) is 6.54 Å². The molecule has 134 valence electrons. The zero-order valence-corrected chi connectivity index (χ0v) is 15.5. The second-order valence-corrected chi connectivity index (χ2v) is 7.75. The summed E-state index contributed by atoms with van der Waals surface area (Å²) in [7, 11) is 0. The molecule has 0 amide bonds. The fourth-order valence-electron chi connectivity index (χ4n) is 2.78. The summed E-state index contributed by atoms with van der Waals surface area (Å²) < 4.78 is 5.86. The summed E-state index contributed by atoms with van der Waals surface area (Å²) >= 11 is 1.57. The van der Waals surface area contributed by atoms with Gasteiger partial charge in [-0.25, -0.2) is 9.97 Å². The number of rotatable bonds is 7. The molecule has 0 aromatic carbocycles. The van der Waals surface area contributed by atoms with Crippen LogP contribution in [0.4, 0.5) is 5.82 Å². The third-order valence-corrected chi connectivity index (χ3v) is 5.15. The molecule has 1 N–H and O–H groups in total. The highest BCUT2D eigenvalue weighted by molar-refractivity contribution is 7.11. The molecular formula is C18H20N6OS. The predicted octanol–water partition coefficient (Wildman–Crippen LogP) is 3.13. The number of anilines is 1. The largest absolute Gasteiger partial charge is 0.477 e. The molecule has 1 fully saturated rings. The lowest BCUT2D eigenvalue weighted by Crippen LogP contribution is -2.05. The Balaban J connectivity index is 1.28. The molecule has 4 rings (SSSR count). The fourth-order valence-corrected chi connectivity index (χ4v) is 3.42. The first-order valence-corrected chi connectivity index (χ1v) is 9.39. The van der Waals surface area contributed by atoms with E-state index in [1.807, 2.05) is 19.2 Å². The van der Waals surface area contributed by atoms with Crippen LogP contribution in [0.3, 0.4) is 0 Å². The van der Waals surface area contributed by atoms with E-state index in [2.05, 4.69) is 49.5 Å². The summed E-state index contributed by atoms with van der Waals surface area (Å²) in [5.74, 6) is 2.30. The molecule has 0 unspecified atom stereocenters. The van der Waals surface area contributed by atoms with Crippen molar-refractivity contribution >= 4 is 17.2 Å². The maximum atomic E-state index is 5.86. The van der Waals surface area contributed by atoms with Crippen molar-refractivity contribution in [2.45, 2.75) is 32.7 Å². The van der Waals surface area contributed by atoms with Crippen molar-refractivity contribution < 1.29 is 4.74 Å². The number of ether oxygens (including phenoxy) is 1. The van der Waals surface area contributed by atoms with Crippen molar-refractivity contribution in [3.63, 3.8) is 0 Å². The summed E-state index contributed by atoms with van der Waals surface area (Å²) in [6.45, 7) is 5.23. The lowest BCUT2D eigenvalue weighted by atomic mass is 10.2. The van der Waals surface area contributed by atoms with Crippen LogP contribution >= 0.6 is 11.3 Å². The van der Waals surface area contributed by atoms with Crippen LogP contribution in [0.5, 0.6) is 5.88 Å². The number of aromatic nitrogens is 5. The van der Waals surface area contributed by atoms with Crippen LogP contribution in [0.2, 0.25) is 0 Å². The topological polar surface area (TPSA) is 85.7 Å². The van der Waals surface area contributed by atoms with Gasteiger partial charge in [-0.15, -0.1) is 10.2 Å². The van der Waals surface area contributed by atoms with E-state index in [1.54, 1.807) is 11.3 Å². The highest BCUT2D eigenvalue weighted by Crippen LogP contribution is 2.46. The lowest BCUT2D eigenvalue weighted by molar-refractivity contribution is 0.285. The smallest absolute Gasteiger partial charge is 0.218 e. The minimum atomic E-state index is 0.496. The molecule has 26 heavy (non-hydrogen) atoms. The SMILES string of the molecule is Cc1ccc([C@@H]2C[C@H]2COc2cc(NCc3nnc(C)s3)ncn2)nc1. The Morgan fingerprint density at radius 3 is 2.88 bits per heavy atom. The highest BCUT2D eigenvalue weighted by Gasteiger charge is 2.39. The van der Waals surface area contributed by atoms with Gasteiger partial charge in [0.15, 0.2) is 0 Å². The van der Waals surface area contributed by atoms with Crippen LogP contribution in [0.25, 0.3) is 0 Å². The summed E-state index contributed by atoms with van der Waals surface area (Å²) in [4.78, 5) is 12.9. The molecule has 3 aromatic rings. The average Bonchev–Trinajstić information content (AvgIpc) is 3.31. The average molecular weight is 368 g/mol. The monoisotopic (exact) mass is 368 g/mol. The fraction of sp³-hybridized carbons (Fsp3) is 0.389. The Hall–Kier alpha value is -2.61. The lowest BCUT2D eigenvalue weighted by Gasteiger charge is -2.07. The molecule has 0 aliphatic heterocycles. The first-order chi connectivity index (χ1) is 12.7. The molecule has 1 saturated carbocycles. The van der Waals surface area contributed by atoms with Gasteiger partial charge in [0.05, 0.1) is 13.2 Å². The Morgan fingerprint density at radius 1 is 1.19 bits per heavy atom. The van der Waals surface area contributed by atoms with Gasteiger partial charge < -0.3 is 10.1 Å². The molecule has 2 atom stereocenters.